The maximum absolute atomic E-state index is 13.7. The van der Waals surface area contributed by atoms with Gasteiger partial charge in [-0.15, -0.1) is 0 Å². The first-order chi connectivity index (χ1) is 18.7. The van der Waals surface area contributed by atoms with Gasteiger partial charge in [-0.2, -0.15) is 4.72 Å². The van der Waals surface area contributed by atoms with E-state index >= 15 is 0 Å². The molecule has 1 atom stereocenters. The van der Waals surface area contributed by atoms with Gasteiger partial charge in [0.2, 0.25) is 22.4 Å². The Hall–Kier alpha value is -2.78. The van der Waals surface area contributed by atoms with E-state index < -0.39 is 39.4 Å². The van der Waals surface area contributed by atoms with E-state index in [0.717, 1.165) is 5.56 Å². The first-order valence-electron chi connectivity index (χ1n) is 13.0. The SMILES string of the molecule is CC1(C)CNc2c(cc(Cl)cc2S(=O)(=O)N[C@@H](CCCN=C(N)N[N+](=O)[O-])C(=O)N2CCC(CC(F)F)CC2)C1. The van der Waals surface area contributed by atoms with Crippen LogP contribution in [0.1, 0.15) is 51.5 Å². The van der Waals surface area contributed by atoms with E-state index in [2.05, 4.69) is 15.0 Å². The fraction of sp³-hybridized carbons (Fsp3) is 0.667. The summed E-state index contributed by atoms with van der Waals surface area (Å²) in [5.41, 5.74) is 8.20. The zero-order valence-corrected chi connectivity index (χ0v) is 24.0. The van der Waals surface area contributed by atoms with Crippen molar-refractivity contribution in [3.05, 3.63) is 32.8 Å². The smallest absolute Gasteiger partial charge is 0.251 e. The van der Waals surface area contributed by atoms with Crippen molar-refractivity contribution in [1.29, 1.82) is 0 Å². The minimum atomic E-state index is -4.25. The Labute approximate surface area is 237 Å². The number of guanidine groups is 1. The number of anilines is 1. The number of likely N-dealkylation sites (tertiary alicyclic amines) is 1. The molecule has 1 amide bonds. The van der Waals surface area contributed by atoms with Crippen LogP contribution in [0.4, 0.5) is 14.5 Å². The highest BCUT2D eigenvalue weighted by Gasteiger charge is 2.35. The summed E-state index contributed by atoms with van der Waals surface area (Å²) in [5, 5.41) is 13.1. The molecule has 0 aliphatic carbocycles. The molecule has 5 N–H and O–H groups in total. The minimum absolute atomic E-state index is 0.00214. The predicted molar refractivity (Wildman–Crippen MR) is 147 cm³/mol. The molecule has 0 radical (unpaired) electrons. The summed E-state index contributed by atoms with van der Waals surface area (Å²) in [6, 6.07) is 1.86. The van der Waals surface area contributed by atoms with E-state index in [4.69, 9.17) is 17.3 Å². The molecular formula is C24H36ClF2N7O5S. The van der Waals surface area contributed by atoms with E-state index in [9.17, 15) is 32.1 Å². The molecule has 40 heavy (non-hydrogen) atoms. The van der Waals surface area contributed by atoms with E-state index in [1.165, 1.54) is 11.0 Å². The number of halogens is 3. The molecule has 224 valence electrons. The van der Waals surface area contributed by atoms with Crippen LogP contribution in [0, 0.1) is 21.4 Å². The Bertz CT molecular complexity index is 1220. The van der Waals surface area contributed by atoms with Crippen LogP contribution in [0.3, 0.4) is 0 Å². The number of alkyl halides is 2. The van der Waals surface area contributed by atoms with Crippen LogP contribution < -0.4 is 21.2 Å². The molecule has 0 bridgehead atoms. The molecular weight excluding hydrogens is 572 g/mol. The van der Waals surface area contributed by atoms with Gasteiger partial charge >= 0.3 is 0 Å². The van der Waals surface area contributed by atoms with Crippen molar-refractivity contribution >= 4 is 39.2 Å². The number of carbonyl (C=O) groups excluding carboxylic acids is 1. The van der Waals surface area contributed by atoms with Gasteiger partial charge in [0.05, 0.1) is 5.69 Å². The van der Waals surface area contributed by atoms with Crippen LogP contribution in [0.15, 0.2) is 22.0 Å². The lowest BCUT2D eigenvalue weighted by atomic mass is 9.82. The maximum atomic E-state index is 13.7. The zero-order valence-electron chi connectivity index (χ0n) is 22.5. The first kappa shape index (κ1) is 31.7. The molecule has 1 saturated heterocycles. The van der Waals surface area contributed by atoms with Gasteiger partial charge in [0.1, 0.15) is 10.9 Å². The van der Waals surface area contributed by atoms with Crippen LogP contribution in [0.5, 0.6) is 0 Å². The van der Waals surface area contributed by atoms with Gasteiger partial charge in [0.15, 0.2) is 5.03 Å². The fourth-order valence-electron chi connectivity index (χ4n) is 5.06. The number of carbonyl (C=O) groups is 1. The molecule has 1 aromatic carbocycles. The van der Waals surface area contributed by atoms with Crippen molar-refractivity contribution in [2.75, 3.05) is 31.5 Å². The number of nitrogens with one attached hydrogen (secondary N) is 3. The highest BCUT2D eigenvalue weighted by atomic mass is 35.5. The fourth-order valence-corrected chi connectivity index (χ4v) is 6.84. The topological polar surface area (TPSA) is 172 Å². The number of hydrogen-bond donors (Lipinski definition) is 4. The molecule has 0 aromatic heterocycles. The largest absolute Gasteiger partial charge is 0.383 e. The zero-order chi connectivity index (χ0) is 29.7. The lowest BCUT2D eigenvalue weighted by molar-refractivity contribution is -0.525. The van der Waals surface area contributed by atoms with Crippen molar-refractivity contribution in [2.45, 2.75) is 69.7 Å². The molecule has 3 rings (SSSR count). The average Bonchev–Trinajstić information content (AvgIpc) is 2.83. The number of piperidine rings is 1. The molecule has 1 aromatic rings. The van der Waals surface area contributed by atoms with Crippen LogP contribution in [0.25, 0.3) is 0 Å². The third-order valence-electron chi connectivity index (χ3n) is 7.02. The standard InChI is InChI=1S/C24H36ClF2N7O5S/c1-24(2)13-16-11-17(25)12-19(21(16)30-14-24)40(38,39)32-18(4-3-7-29-23(28)31-34(36)37)22(35)33-8-5-15(6-9-33)10-20(26)27/h11-12,15,18,20,30,32H,3-10,13-14H2,1-2H3,(H3,28,29,31)/t18-/m0/s1. The summed E-state index contributed by atoms with van der Waals surface area (Å²) in [7, 11) is -4.25. The summed E-state index contributed by atoms with van der Waals surface area (Å²) in [6.07, 6.45) is -1.07. The summed E-state index contributed by atoms with van der Waals surface area (Å²) < 4.78 is 55.5. The summed E-state index contributed by atoms with van der Waals surface area (Å²) in [5.74, 6) is -1.11. The monoisotopic (exact) mass is 607 g/mol. The molecule has 0 saturated carbocycles. The second-order valence-electron chi connectivity index (χ2n) is 11.0. The molecule has 2 heterocycles. The van der Waals surface area contributed by atoms with Crippen LogP contribution >= 0.6 is 11.6 Å². The number of amides is 1. The van der Waals surface area contributed by atoms with Crippen LogP contribution in [-0.4, -0.2) is 68.9 Å². The van der Waals surface area contributed by atoms with Gasteiger partial charge < -0.3 is 16.0 Å². The second kappa shape index (κ2) is 13.3. The molecule has 1 fully saturated rings. The Morgan fingerprint density at radius 1 is 1.35 bits per heavy atom. The van der Waals surface area contributed by atoms with Crippen molar-refractivity contribution < 1.29 is 27.0 Å². The van der Waals surface area contributed by atoms with Gasteiger partial charge in [-0.3, -0.25) is 4.79 Å². The first-order valence-corrected chi connectivity index (χ1v) is 14.9. The summed E-state index contributed by atoms with van der Waals surface area (Å²) >= 11 is 6.29. The lowest BCUT2D eigenvalue weighted by Gasteiger charge is -2.35. The molecule has 2 aliphatic heterocycles. The van der Waals surface area contributed by atoms with Crippen molar-refractivity contribution in [2.24, 2.45) is 22.1 Å². The van der Waals surface area contributed by atoms with Crippen molar-refractivity contribution in [3.8, 4) is 0 Å². The number of nitrogens with two attached hydrogens (primary N) is 1. The molecule has 12 nitrogen and oxygen atoms in total. The lowest BCUT2D eigenvalue weighted by Crippen LogP contribution is -2.51. The highest BCUT2D eigenvalue weighted by Crippen LogP contribution is 2.38. The summed E-state index contributed by atoms with van der Waals surface area (Å²) in [4.78, 5) is 29.2. The highest BCUT2D eigenvalue weighted by molar-refractivity contribution is 7.89. The second-order valence-corrected chi connectivity index (χ2v) is 13.1. The van der Waals surface area contributed by atoms with Gasteiger partial charge in [-0.1, -0.05) is 30.9 Å². The van der Waals surface area contributed by atoms with Gasteiger partial charge in [-0.25, -0.2) is 32.3 Å². The van der Waals surface area contributed by atoms with Gasteiger partial charge in [0, 0.05) is 37.6 Å². The number of hydrazine groups is 1. The number of hydrogen-bond acceptors (Lipinski definition) is 7. The number of rotatable bonds is 11. The van der Waals surface area contributed by atoms with Gasteiger partial charge in [0.25, 0.3) is 5.96 Å². The normalized spacial score (nSPS) is 18.6. The van der Waals surface area contributed by atoms with Crippen LogP contribution in [-0.2, 0) is 21.2 Å². The number of nitrogens with zero attached hydrogens (tertiary/aromatic N) is 3. The number of fused-ring (bicyclic) bond motifs is 1. The average molecular weight is 608 g/mol. The van der Waals surface area contributed by atoms with E-state index in [-0.39, 0.29) is 60.1 Å². The van der Waals surface area contributed by atoms with Crippen LogP contribution in [0.2, 0.25) is 5.02 Å². The number of nitro groups is 1. The van der Waals surface area contributed by atoms with Crippen molar-refractivity contribution in [3.63, 3.8) is 0 Å². The van der Waals surface area contributed by atoms with E-state index in [1.54, 1.807) is 11.5 Å². The Kier molecular flexibility index (Phi) is 10.5. The number of benzene rings is 1. The van der Waals surface area contributed by atoms with E-state index in [1.807, 2.05) is 13.8 Å². The Balaban J connectivity index is 1.81. The minimum Gasteiger partial charge on any atom is -0.383 e. The van der Waals surface area contributed by atoms with Crippen molar-refractivity contribution in [1.82, 2.24) is 15.0 Å². The van der Waals surface area contributed by atoms with Gasteiger partial charge in [-0.05, 0) is 61.1 Å². The maximum Gasteiger partial charge on any atom is 0.251 e. The quantitative estimate of drug-likeness (QED) is 0.0977. The molecule has 0 spiro atoms. The summed E-state index contributed by atoms with van der Waals surface area (Å²) in [6.45, 7) is 5.10. The third-order valence-corrected chi connectivity index (χ3v) is 8.74. The number of aliphatic imine (C=N–C) groups is 1. The number of sulfonamides is 1. The molecule has 2 aliphatic rings. The Morgan fingerprint density at radius 2 is 2.02 bits per heavy atom. The van der Waals surface area contributed by atoms with E-state index in [0.29, 0.717) is 31.5 Å². The Morgan fingerprint density at radius 3 is 2.65 bits per heavy atom. The molecule has 16 heteroatoms. The predicted octanol–water partition coefficient (Wildman–Crippen LogP) is 2.75. The third kappa shape index (κ3) is 8.86. The molecule has 0 unspecified atom stereocenters.